The van der Waals surface area contributed by atoms with Gasteiger partial charge in [0, 0.05) is 15.8 Å². The number of thiocarbonyl (C=S) groups is 1. The number of hydrogen-bond donors (Lipinski definition) is 4. The van der Waals surface area contributed by atoms with E-state index >= 15 is 0 Å². The standard InChI is InChI=1S/C15H16IN3O4S2/c1-23-14-6-9(12(16)7-13(14)20)8-18-25(21,22)11-4-2-10(3-5-11)19-15(17)24/h2-7,18,20H,8H2,1H3,(H3,17,19,24). The summed E-state index contributed by atoms with van der Waals surface area (Å²) in [7, 11) is -2.27. The molecular formula is C15H16IN3O4S2. The average molecular weight is 493 g/mol. The Labute approximate surface area is 164 Å². The van der Waals surface area contributed by atoms with Gasteiger partial charge in [-0.25, -0.2) is 13.1 Å². The predicted molar refractivity (Wildman–Crippen MR) is 108 cm³/mol. The van der Waals surface area contributed by atoms with Crippen LogP contribution in [0.5, 0.6) is 11.5 Å². The zero-order valence-electron chi connectivity index (χ0n) is 13.1. The molecular weight excluding hydrogens is 477 g/mol. The van der Waals surface area contributed by atoms with Crippen molar-refractivity contribution in [2.45, 2.75) is 11.4 Å². The van der Waals surface area contributed by atoms with Gasteiger partial charge in [-0.05, 0) is 76.8 Å². The molecule has 0 bridgehead atoms. The number of rotatable bonds is 6. The molecule has 10 heteroatoms. The van der Waals surface area contributed by atoms with Gasteiger partial charge in [-0.2, -0.15) is 0 Å². The van der Waals surface area contributed by atoms with E-state index in [4.69, 9.17) is 22.7 Å². The highest BCUT2D eigenvalue weighted by Gasteiger charge is 2.15. The predicted octanol–water partition coefficient (Wildman–Crippen LogP) is 2.14. The maximum absolute atomic E-state index is 12.4. The number of methoxy groups -OCH3 is 1. The monoisotopic (exact) mass is 493 g/mol. The fourth-order valence-electron chi connectivity index (χ4n) is 2.00. The minimum atomic E-state index is -3.70. The van der Waals surface area contributed by atoms with Crippen LogP contribution in [0.2, 0.25) is 0 Å². The molecule has 0 fully saturated rings. The molecule has 0 amide bonds. The number of benzene rings is 2. The average Bonchev–Trinajstić information content (AvgIpc) is 2.54. The van der Waals surface area contributed by atoms with E-state index in [2.05, 4.69) is 10.0 Å². The van der Waals surface area contributed by atoms with Crippen molar-refractivity contribution in [3.8, 4) is 11.5 Å². The summed E-state index contributed by atoms with van der Waals surface area (Å²) in [4.78, 5) is 0.113. The third kappa shape index (κ3) is 5.17. The van der Waals surface area contributed by atoms with E-state index in [-0.39, 0.29) is 28.1 Å². The first-order chi connectivity index (χ1) is 11.7. The Morgan fingerprint density at radius 3 is 2.52 bits per heavy atom. The maximum Gasteiger partial charge on any atom is 0.240 e. The fraction of sp³-hybridized carbons (Fsp3) is 0.133. The molecule has 0 saturated heterocycles. The van der Waals surface area contributed by atoms with Gasteiger partial charge >= 0.3 is 0 Å². The van der Waals surface area contributed by atoms with Crippen LogP contribution in [0.4, 0.5) is 5.69 Å². The molecule has 0 unspecified atom stereocenters. The molecule has 2 rings (SSSR count). The lowest BCUT2D eigenvalue weighted by molar-refractivity contribution is 0.372. The highest BCUT2D eigenvalue weighted by molar-refractivity contribution is 14.1. The van der Waals surface area contributed by atoms with Gasteiger partial charge in [0.1, 0.15) is 0 Å². The normalized spacial score (nSPS) is 11.1. The molecule has 0 saturated carbocycles. The van der Waals surface area contributed by atoms with E-state index in [1.165, 1.54) is 25.3 Å². The first kappa shape index (κ1) is 19.7. The first-order valence-corrected chi connectivity index (χ1v) is 9.91. The Balaban J connectivity index is 2.15. The number of phenolic OH excluding ortho intramolecular Hbond substituents is 1. The second-order valence-electron chi connectivity index (χ2n) is 4.95. The van der Waals surface area contributed by atoms with Crippen LogP contribution in [-0.2, 0) is 16.6 Å². The number of hydrogen-bond acceptors (Lipinski definition) is 5. The number of aromatic hydroxyl groups is 1. The summed E-state index contributed by atoms with van der Waals surface area (Å²) in [5, 5.41) is 12.5. The molecule has 0 radical (unpaired) electrons. The number of halogens is 1. The van der Waals surface area contributed by atoms with Crippen LogP contribution in [-0.4, -0.2) is 25.7 Å². The van der Waals surface area contributed by atoms with Gasteiger partial charge in [-0.15, -0.1) is 0 Å². The minimum Gasteiger partial charge on any atom is -0.504 e. The minimum absolute atomic E-state index is 0.000542. The number of phenols is 1. The molecule has 0 atom stereocenters. The van der Waals surface area contributed by atoms with Crippen LogP contribution in [0, 0.1) is 3.57 Å². The summed E-state index contributed by atoms with van der Waals surface area (Å²) in [5.41, 5.74) is 6.66. The van der Waals surface area contributed by atoms with Crippen molar-refractivity contribution < 1.29 is 18.3 Å². The van der Waals surface area contributed by atoms with Crippen molar-refractivity contribution in [1.29, 1.82) is 0 Å². The Bertz CT molecular complexity index is 886. The molecule has 0 aliphatic heterocycles. The summed E-state index contributed by atoms with van der Waals surface area (Å²) in [6.45, 7) is 0.0597. The van der Waals surface area contributed by atoms with E-state index in [9.17, 15) is 13.5 Å². The van der Waals surface area contributed by atoms with Crippen LogP contribution >= 0.6 is 34.8 Å². The summed E-state index contributed by atoms with van der Waals surface area (Å²) < 4.78 is 33.1. The molecule has 0 heterocycles. The molecule has 0 spiro atoms. The molecule has 0 aromatic heterocycles. The van der Waals surface area contributed by atoms with Gasteiger partial charge in [-0.1, -0.05) is 0 Å². The molecule has 2 aromatic carbocycles. The molecule has 2 aromatic rings. The maximum atomic E-state index is 12.4. The van der Waals surface area contributed by atoms with Crippen molar-refractivity contribution in [2.75, 3.05) is 12.4 Å². The zero-order chi connectivity index (χ0) is 18.6. The zero-order valence-corrected chi connectivity index (χ0v) is 16.9. The van der Waals surface area contributed by atoms with Crippen LogP contribution < -0.4 is 20.5 Å². The smallest absolute Gasteiger partial charge is 0.240 e. The van der Waals surface area contributed by atoms with E-state index in [0.717, 1.165) is 3.57 Å². The van der Waals surface area contributed by atoms with Crippen molar-refractivity contribution in [3.05, 3.63) is 45.5 Å². The first-order valence-electron chi connectivity index (χ1n) is 6.94. The number of anilines is 1. The lowest BCUT2D eigenvalue weighted by atomic mass is 10.2. The Kier molecular flexibility index (Phi) is 6.43. The lowest BCUT2D eigenvalue weighted by Crippen LogP contribution is -2.24. The van der Waals surface area contributed by atoms with Crippen LogP contribution in [0.15, 0.2) is 41.3 Å². The van der Waals surface area contributed by atoms with Gasteiger partial charge in [0.05, 0.1) is 12.0 Å². The second kappa shape index (κ2) is 8.17. The van der Waals surface area contributed by atoms with Crippen LogP contribution in [0.3, 0.4) is 0 Å². The SMILES string of the molecule is COc1cc(CNS(=O)(=O)c2ccc(NC(N)=S)cc2)c(I)cc1O. The van der Waals surface area contributed by atoms with Gasteiger partial charge in [0.25, 0.3) is 0 Å². The van der Waals surface area contributed by atoms with E-state index in [1.54, 1.807) is 18.2 Å². The third-order valence-corrected chi connectivity index (χ3v) is 5.76. The summed E-state index contributed by atoms with van der Waals surface area (Å²) in [6, 6.07) is 9.15. The van der Waals surface area contributed by atoms with Gasteiger partial charge in [0.2, 0.25) is 10.0 Å². The Morgan fingerprint density at radius 2 is 1.96 bits per heavy atom. The number of nitrogens with two attached hydrogens (primary N) is 1. The molecule has 5 N–H and O–H groups in total. The number of ether oxygens (including phenoxy) is 1. The lowest BCUT2D eigenvalue weighted by Gasteiger charge is -2.11. The van der Waals surface area contributed by atoms with Crippen molar-refractivity contribution >= 4 is 55.6 Å². The molecule has 7 nitrogen and oxygen atoms in total. The quantitative estimate of drug-likeness (QED) is 0.360. The highest BCUT2D eigenvalue weighted by atomic mass is 127. The fourth-order valence-corrected chi connectivity index (χ4v) is 3.77. The van der Waals surface area contributed by atoms with E-state index in [1.807, 2.05) is 22.6 Å². The summed E-state index contributed by atoms with van der Waals surface area (Å²) in [6.07, 6.45) is 0. The Hall–Kier alpha value is -1.63. The topological polar surface area (TPSA) is 114 Å². The molecule has 0 aliphatic rings. The molecule has 134 valence electrons. The Morgan fingerprint density at radius 1 is 1.32 bits per heavy atom. The van der Waals surface area contributed by atoms with Crippen molar-refractivity contribution in [1.82, 2.24) is 4.72 Å². The number of nitrogens with one attached hydrogen (secondary N) is 2. The van der Waals surface area contributed by atoms with E-state index < -0.39 is 10.0 Å². The van der Waals surface area contributed by atoms with Crippen molar-refractivity contribution in [2.24, 2.45) is 5.73 Å². The van der Waals surface area contributed by atoms with Gasteiger partial charge < -0.3 is 20.9 Å². The summed E-state index contributed by atoms with van der Waals surface area (Å²) in [5.74, 6) is 0.280. The van der Waals surface area contributed by atoms with Gasteiger partial charge in [0.15, 0.2) is 16.6 Å². The second-order valence-corrected chi connectivity index (χ2v) is 8.32. The highest BCUT2D eigenvalue weighted by Crippen LogP contribution is 2.30. The molecule has 25 heavy (non-hydrogen) atoms. The number of sulfonamides is 1. The van der Waals surface area contributed by atoms with Crippen LogP contribution in [0.1, 0.15) is 5.56 Å². The largest absolute Gasteiger partial charge is 0.504 e. The van der Waals surface area contributed by atoms with Crippen molar-refractivity contribution in [3.63, 3.8) is 0 Å². The van der Waals surface area contributed by atoms with Crippen LogP contribution in [0.25, 0.3) is 0 Å². The third-order valence-electron chi connectivity index (χ3n) is 3.23. The summed E-state index contributed by atoms with van der Waals surface area (Å²) >= 11 is 6.75. The van der Waals surface area contributed by atoms with E-state index in [0.29, 0.717) is 11.3 Å². The van der Waals surface area contributed by atoms with Gasteiger partial charge in [-0.3, -0.25) is 0 Å². The molecule has 0 aliphatic carbocycles.